The zero-order chi connectivity index (χ0) is 24.5. The van der Waals surface area contributed by atoms with Crippen LogP contribution in [0.5, 0.6) is 0 Å². The number of carbonyl (C=O) groups excluding carboxylic acids is 2. The number of carbonyl (C=O) groups is 2. The van der Waals surface area contributed by atoms with E-state index in [1.807, 2.05) is 18.2 Å². The van der Waals surface area contributed by atoms with Gasteiger partial charge < -0.3 is 5.32 Å². The van der Waals surface area contributed by atoms with Crippen molar-refractivity contribution in [3.8, 4) is 0 Å². The maximum atomic E-state index is 13.3. The lowest BCUT2D eigenvalue weighted by Gasteiger charge is -2.35. The fourth-order valence-corrected chi connectivity index (χ4v) is 5.58. The molecule has 3 unspecified atom stereocenters. The van der Waals surface area contributed by atoms with Crippen LogP contribution in [0.1, 0.15) is 44.2 Å². The van der Waals surface area contributed by atoms with Gasteiger partial charge in [0.05, 0.1) is 16.2 Å². The van der Waals surface area contributed by atoms with Gasteiger partial charge in [0.1, 0.15) is 6.54 Å². The summed E-state index contributed by atoms with van der Waals surface area (Å²) in [7, 11) is 0. The maximum absolute atomic E-state index is 13.3. The van der Waals surface area contributed by atoms with Crippen LogP contribution >= 0.6 is 11.8 Å². The summed E-state index contributed by atoms with van der Waals surface area (Å²) in [5.41, 5.74) is 0.395. The Hall–Kier alpha value is -2.74. The monoisotopic (exact) mass is 488 g/mol. The van der Waals surface area contributed by atoms with Gasteiger partial charge in [0.25, 0.3) is 5.91 Å². The molecule has 0 radical (unpaired) electrons. The van der Waals surface area contributed by atoms with Crippen LogP contribution in [0.4, 0.5) is 18.9 Å². The van der Waals surface area contributed by atoms with Gasteiger partial charge in [0, 0.05) is 10.9 Å². The number of halogens is 3. The summed E-state index contributed by atoms with van der Waals surface area (Å²) in [6, 6.07) is 12.1. The molecule has 0 aromatic heterocycles. The lowest BCUT2D eigenvalue weighted by molar-refractivity contribution is -0.137. The Balaban J connectivity index is 1.55. The lowest BCUT2D eigenvalue weighted by atomic mass is 9.78. The van der Waals surface area contributed by atoms with Crippen LogP contribution in [0.3, 0.4) is 0 Å². The third-order valence-corrected chi connectivity index (χ3v) is 7.80. The van der Waals surface area contributed by atoms with E-state index in [9.17, 15) is 22.8 Å². The smallest absolute Gasteiger partial charge is 0.352 e. The van der Waals surface area contributed by atoms with E-state index >= 15 is 0 Å². The van der Waals surface area contributed by atoms with Crippen molar-refractivity contribution in [2.45, 2.75) is 50.2 Å². The molecule has 180 valence electrons. The van der Waals surface area contributed by atoms with Crippen molar-refractivity contribution in [3.63, 3.8) is 0 Å². The Labute approximate surface area is 201 Å². The van der Waals surface area contributed by atoms with Gasteiger partial charge in [-0.25, -0.2) is 0 Å². The van der Waals surface area contributed by atoms with Crippen molar-refractivity contribution in [2.75, 3.05) is 11.4 Å². The normalized spacial score (nSPS) is 24.1. The van der Waals surface area contributed by atoms with Crippen LogP contribution in [0, 0.1) is 11.8 Å². The number of para-hydroxylation sites is 1. The number of thioether (sulfide) groups is 1. The molecule has 4 nitrogen and oxygen atoms in total. The molecule has 2 aromatic carbocycles. The number of hydrogen-bond donors (Lipinski definition) is 1. The number of benzene rings is 2. The highest BCUT2D eigenvalue weighted by Gasteiger charge is 2.33. The SMILES string of the molecule is CC1CCCC(NC(=O)CN2C(=O)C(=Cc3ccc(C(F)(F)F)cc3)Sc3ccccc32)C1C. The molecule has 0 saturated heterocycles. The first kappa shape index (κ1) is 24.4. The number of rotatable bonds is 4. The number of nitrogens with zero attached hydrogens (tertiary/aromatic N) is 1. The summed E-state index contributed by atoms with van der Waals surface area (Å²) in [5, 5.41) is 3.12. The number of fused-ring (bicyclic) bond motifs is 1. The fraction of sp³-hybridized carbons (Fsp3) is 0.385. The Morgan fingerprint density at radius 3 is 2.53 bits per heavy atom. The third-order valence-electron chi connectivity index (χ3n) is 6.72. The first-order valence-electron chi connectivity index (χ1n) is 11.4. The number of nitrogens with one attached hydrogen (secondary N) is 1. The second-order valence-electron chi connectivity index (χ2n) is 9.03. The summed E-state index contributed by atoms with van der Waals surface area (Å²) in [4.78, 5) is 28.9. The highest BCUT2D eigenvalue weighted by Crippen LogP contribution is 2.42. The molecular formula is C26H27F3N2O2S. The Kier molecular flexibility index (Phi) is 7.07. The minimum absolute atomic E-state index is 0.0860. The standard InChI is InChI=1S/C26H27F3N2O2S/c1-16-6-5-7-20(17(16)2)30-24(32)15-31-21-8-3-4-9-22(21)34-23(25(31)33)14-18-10-12-19(13-11-18)26(27,28)29/h3-4,8-14,16-17,20H,5-7,15H2,1-2H3,(H,30,32). The molecule has 1 aliphatic carbocycles. The van der Waals surface area contributed by atoms with Crippen molar-refractivity contribution >= 4 is 35.3 Å². The Bertz CT molecular complexity index is 1100. The number of amides is 2. The van der Waals surface area contributed by atoms with E-state index in [-0.39, 0.29) is 24.4 Å². The van der Waals surface area contributed by atoms with Crippen LogP contribution in [0.2, 0.25) is 0 Å². The molecule has 3 atom stereocenters. The summed E-state index contributed by atoms with van der Waals surface area (Å²) in [6.45, 7) is 4.24. The van der Waals surface area contributed by atoms with Gasteiger partial charge in [0.15, 0.2) is 0 Å². The van der Waals surface area contributed by atoms with E-state index in [1.165, 1.54) is 28.8 Å². The Morgan fingerprint density at radius 1 is 1.12 bits per heavy atom. The molecule has 0 spiro atoms. The molecule has 34 heavy (non-hydrogen) atoms. The maximum Gasteiger partial charge on any atom is 0.416 e. The van der Waals surface area contributed by atoms with Gasteiger partial charge in [-0.05, 0) is 54.2 Å². The third kappa shape index (κ3) is 5.32. The van der Waals surface area contributed by atoms with Crippen LogP contribution in [0.25, 0.3) is 6.08 Å². The van der Waals surface area contributed by atoms with Crippen molar-refractivity contribution < 1.29 is 22.8 Å². The minimum Gasteiger partial charge on any atom is -0.352 e. The molecular weight excluding hydrogens is 461 g/mol. The zero-order valence-electron chi connectivity index (χ0n) is 19.1. The molecule has 0 bridgehead atoms. The highest BCUT2D eigenvalue weighted by molar-refractivity contribution is 8.04. The number of hydrogen-bond acceptors (Lipinski definition) is 3. The molecule has 4 rings (SSSR count). The Morgan fingerprint density at radius 2 is 1.82 bits per heavy atom. The van der Waals surface area contributed by atoms with E-state index in [2.05, 4.69) is 19.2 Å². The molecule has 8 heteroatoms. The van der Waals surface area contributed by atoms with E-state index < -0.39 is 11.7 Å². The molecule has 2 aromatic rings. The molecule has 1 saturated carbocycles. The van der Waals surface area contributed by atoms with E-state index in [0.717, 1.165) is 36.3 Å². The zero-order valence-corrected chi connectivity index (χ0v) is 19.9. The largest absolute Gasteiger partial charge is 0.416 e. The molecule has 1 N–H and O–H groups in total. The molecule has 2 aliphatic rings. The summed E-state index contributed by atoms with van der Waals surface area (Å²) >= 11 is 1.25. The quantitative estimate of drug-likeness (QED) is 0.527. The van der Waals surface area contributed by atoms with E-state index in [4.69, 9.17) is 0 Å². The van der Waals surface area contributed by atoms with Crippen molar-refractivity contribution in [3.05, 3.63) is 64.6 Å². The van der Waals surface area contributed by atoms with Crippen LogP contribution in [-0.4, -0.2) is 24.4 Å². The summed E-state index contributed by atoms with van der Waals surface area (Å²) in [5.74, 6) is 0.345. The molecule has 1 aliphatic heterocycles. The summed E-state index contributed by atoms with van der Waals surface area (Å²) < 4.78 is 38.6. The average Bonchev–Trinajstić information content (AvgIpc) is 2.79. The second kappa shape index (κ2) is 9.86. The lowest BCUT2D eigenvalue weighted by Crippen LogP contribution is -2.49. The summed E-state index contributed by atoms with van der Waals surface area (Å²) in [6.07, 6.45) is 0.298. The second-order valence-corrected chi connectivity index (χ2v) is 10.1. The van der Waals surface area contributed by atoms with Gasteiger partial charge in [-0.3, -0.25) is 14.5 Å². The predicted molar refractivity (Wildman–Crippen MR) is 128 cm³/mol. The number of anilines is 1. The van der Waals surface area contributed by atoms with Gasteiger partial charge in [-0.2, -0.15) is 13.2 Å². The highest BCUT2D eigenvalue weighted by atomic mass is 32.2. The molecule has 1 fully saturated rings. The average molecular weight is 489 g/mol. The van der Waals surface area contributed by atoms with E-state index in [0.29, 0.717) is 28.0 Å². The number of alkyl halides is 3. The van der Waals surface area contributed by atoms with Crippen LogP contribution < -0.4 is 10.2 Å². The van der Waals surface area contributed by atoms with Gasteiger partial charge in [-0.1, -0.05) is 62.7 Å². The van der Waals surface area contributed by atoms with E-state index in [1.54, 1.807) is 12.1 Å². The first-order chi connectivity index (χ1) is 16.1. The molecule has 1 heterocycles. The topological polar surface area (TPSA) is 49.4 Å². The minimum atomic E-state index is -4.42. The van der Waals surface area contributed by atoms with Crippen LogP contribution in [0.15, 0.2) is 58.3 Å². The van der Waals surface area contributed by atoms with Crippen molar-refractivity contribution in [1.82, 2.24) is 5.32 Å². The fourth-order valence-electron chi connectivity index (χ4n) is 4.52. The molecule has 2 amide bonds. The van der Waals surface area contributed by atoms with Crippen molar-refractivity contribution in [2.24, 2.45) is 11.8 Å². The van der Waals surface area contributed by atoms with Gasteiger partial charge in [0.2, 0.25) is 5.91 Å². The first-order valence-corrected chi connectivity index (χ1v) is 12.2. The predicted octanol–water partition coefficient (Wildman–Crippen LogP) is 6.13. The van der Waals surface area contributed by atoms with Gasteiger partial charge >= 0.3 is 6.18 Å². The van der Waals surface area contributed by atoms with Crippen LogP contribution in [-0.2, 0) is 15.8 Å². The van der Waals surface area contributed by atoms with Gasteiger partial charge in [-0.15, -0.1) is 0 Å². The van der Waals surface area contributed by atoms with Crippen molar-refractivity contribution in [1.29, 1.82) is 0 Å².